The number of halogens is 1. The quantitative estimate of drug-likeness (QED) is 0.432. The lowest BCUT2D eigenvalue weighted by Gasteiger charge is -2.13. The fourth-order valence-electron chi connectivity index (χ4n) is 3.37. The topological polar surface area (TPSA) is 56.2 Å². The number of aromatic nitrogens is 2. The van der Waals surface area contributed by atoms with E-state index < -0.39 is 0 Å². The molecule has 152 valence electrons. The van der Waals surface area contributed by atoms with Gasteiger partial charge in [0.1, 0.15) is 24.7 Å². The highest BCUT2D eigenvalue weighted by atomic mass is 35.5. The summed E-state index contributed by atoms with van der Waals surface area (Å²) in [6.07, 6.45) is 0.852. The number of carbonyl (C=O) groups is 1. The second-order valence-corrected chi connectivity index (χ2v) is 7.34. The standard InChI is InChI=1S/C24H22ClN3O2/c1-2-17-7-3-4-8-20(17)27-24(29)15-28-22-10-6-5-9-21(22)26-23(28)16-30-19-13-11-18(25)12-14-19/h3-14H,2,15-16H2,1H3,(H,27,29). The van der Waals surface area contributed by atoms with Crippen molar-refractivity contribution in [3.8, 4) is 5.75 Å². The van der Waals surface area contributed by atoms with Crippen LogP contribution >= 0.6 is 11.6 Å². The summed E-state index contributed by atoms with van der Waals surface area (Å²) in [6.45, 7) is 2.47. The SMILES string of the molecule is CCc1ccccc1NC(=O)Cn1c(COc2ccc(Cl)cc2)nc2ccccc21. The summed E-state index contributed by atoms with van der Waals surface area (Å²) in [5.41, 5.74) is 3.67. The van der Waals surface area contributed by atoms with Gasteiger partial charge in [-0.05, 0) is 54.4 Å². The molecule has 4 aromatic rings. The first-order valence-corrected chi connectivity index (χ1v) is 10.2. The van der Waals surface area contributed by atoms with Crippen molar-refractivity contribution in [2.75, 3.05) is 5.32 Å². The fraction of sp³-hybridized carbons (Fsp3) is 0.167. The van der Waals surface area contributed by atoms with Crippen LogP contribution in [0.2, 0.25) is 5.02 Å². The molecule has 30 heavy (non-hydrogen) atoms. The van der Waals surface area contributed by atoms with Crippen LogP contribution in [-0.2, 0) is 24.4 Å². The van der Waals surface area contributed by atoms with Crippen molar-refractivity contribution in [3.63, 3.8) is 0 Å². The van der Waals surface area contributed by atoms with Gasteiger partial charge >= 0.3 is 0 Å². The summed E-state index contributed by atoms with van der Waals surface area (Å²) in [5.74, 6) is 1.27. The first kappa shape index (κ1) is 20.0. The number of ether oxygens (including phenoxy) is 1. The van der Waals surface area contributed by atoms with Gasteiger partial charge in [-0.15, -0.1) is 0 Å². The number of hydrogen-bond donors (Lipinski definition) is 1. The molecule has 1 amide bonds. The van der Waals surface area contributed by atoms with Gasteiger partial charge < -0.3 is 14.6 Å². The molecule has 0 atom stereocenters. The number of hydrogen-bond acceptors (Lipinski definition) is 3. The summed E-state index contributed by atoms with van der Waals surface area (Å²) >= 11 is 5.94. The molecule has 1 N–H and O–H groups in total. The van der Waals surface area contributed by atoms with E-state index in [1.165, 1.54) is 0 Å². The van der Waals surface area contributed by atoms with Crippen LogP contribution in [0.25, 0.3) is 11.0 Å². The van der Waals surface area contributed by atoms with Crippen LogP contribution in [0.4, 0.5) is 5.69 Å². The van der Waals surface area contributed by atoms with Crippen LogP contribution in [0.3, 0.4) is 0 Å². The van der Waals surface area contributed by atoms with Gasteiger partial charge in [0, 0.05) is 10.7 Å². The lowest BCUT2D eigenvalue weighted by molar-refractivity contribution is -0.116. The highest BCUT2D eigenvalue weighted by Gasteiger charge is 2.15. The number of fused-ring (bicyclic) bond motifs is 1. The molecule has 0 saturated heterocycles. The molecule has 0 radical (unpaired) electrons. The van der Waals surface area contributed by atoms with Crippen molar-refractivity contribution in [3.05, 3.63) is 89.2 Å². The molecule has 0 spiro atoms. The van der Waals surface area contributed by atoms with Crippen LogP contribution in [-0.4, -0.2) is 15.5 Å². The molecule has 0 aliphatic carbocycles. The lowest BCUT2D eigenvalue weighted by Crippen LogP contribution is -2.21. The minimum atomic E-state index is -0.105. The van der Waals surface area contributed by atoms with Gasteiger partial charge in [-0.1, -0.05) is 48.9 Å². The molecule has 1 heterocycles. The Morgan fingerprint density at radius 3 is 2.57 bits per heavy atom. The molecule has 3 aromatic carbocycles. The van der Waals surface area contributed by atoms with E-state index in [1.807, 2.05) is 65.2 Å². The Morgan fingerprint density at radius 2 is 1.77 bits per heavy atom. The Balaban J connectivity index is 1.56. The monoisotopic (exact) mass is 419 g/mol. The molecule has 4 rings (SSSR count). The fourth-order valence-corrected chi connectivity index (χ4v) is 3.50. The highest BCUT2D eigenvalue weighted by Crippen LogP contribution is 2.21. The Bertz CT molecular complexity index is 1170. The number of rotatable bonds is 7. The van der Waals surface area contributed by atoms with Crippen LogP contribution in [0.15, 0.2) is 72.8 Å². The van der Waals surface area contributed by atoms with Crippen molar-refractivity contribution >= 4 is 34.2 Å². The predicted octanol–water partition coefficient (Wildman–Crippen LogP) is 5.47. The zero-order chi connectivity index (χ0) is 20.9. The lowest BCUT2D eigenvalue weighted by atomic mass is 10.1. The predicted molar refractivity (Wildman–Crippen MR) is 120 cm³/mol. The number of aryl methyl sites for hydroxylation is 1. The highest BCUT2D eigenvalue weighted by molar-refractivity contribution is 6.30. The van der Waals surface area contributed by atoms with E-state index in [0.717, 1.165) is 28.7 Å². The molecule has 0 unspecified atom stereocenters. The van der Waals surface area contributed by atoms with Crippen LogP contribution in [0.1, 0.15) is 18.3 Å². The molecule has 0 fully saturated rings. The zero-order valence-electron chi connectivity index (χ0n) is 16.6. The summed E-state index contributed by atoms with van der Waals surface area (Å²) in [7, 11) is 0. The number of imidazole rings is 1. The van der Waals surface area contributed by atoms with Crippen molar-refractivity contribution < 1.29 is 9.53 Å². The molecule has 6 heteroatoms. The average Bonchev–Trinajstić information content (AvgIpc) is 3.11. The van der Waals surface area contributed by atoms with E-state index in [9.17, 15) is 4.79 Å². The number of nitrogens with one attached hydrogen (secondary N) is 1. The van der Waals surface area contributed by atoms with Gasteiger partial charge in [0.25, 0.3) is 0 Å². The van der Waals surface area contributed by atoms with Crippen LogP contribution in [0.5, 0.6) is 5.75 Å². The summed E-state index contributed by atoms with van der Waals surface area (Å²) in [6, 6.07) is 22.8. The largest absolute Gasteiger partial charge is 0.486 e. The van der Waals surface area contributed by atoms with Crippen LogP contribution in [0, 0.1) is 0 Å². The van der Waals surface area contributed by atoms with Gasteiger partial charge in [0.05, 0.1) is 11.0 Å². The Hall–Kier alpha value is -3.31. The molecule has 0 bridgehead atoms. The van der Waals surface area contributed by atoms with Crippen molar-refractivity contribution in [1.29, 1.82) is 0 Å². The smallest absolute Gasteiger partial charge is 0.244 e. The first-order chi connectivity index (χ1) is 14.6. The molecule has 0 aliphatic heterocycles. The minimum Gasteiger partial charge on any atom is -0.486 e. The zero-order valence-corrected chi connectivity index (χ0v) is 17.4. The second kappa shape index (κ2) is 9.01. The van der Waals surface area contributed by atoms with Crippen molar-refractivity contribution in [2.24, 2.45) is 0 Å². The molecular formula is C24H22ClN3O2. The van der Waals surface area contributed by atoms with Gasteiger partial charge in [-0.25, -0.2) is 4.98 Å². The molecule has 1 aromatic heterocycles. The molecule has 0 aliphatic rings. The number of carbonyl (C=O) groups excluding carboxylic acids is 1. The number of nitrogens with zero attached hydrogens (tertiary/aromatic N) is 2. The van der Waals surface area contributed by atoms with Crippen molar-refractivity contribution in [1.82, 2.24) is 9.55 Å². The van der Waals surface area contributed by atoms with E-state index in [0.29, 0.717) is 16.6 Å². The maximum absolute atomic E-state index is 12.8. The maximum Gasteiger partial charge on any atom is 0.244 e. The third kappa shape index (κ3) is 4.47. The Morgan fingerprint density at radius 1 is 1.03 bits per heavy atom. The van der Waals surface area contributed by atoms with E-state index in [-0.39, 0.29) is 19.1 Å². The van der Waals surface area contributed by atoms with Gasteiger partial charge in [-0.3, -0.25) is 4.79 Å². The van der Waals surface area contributed by atoms with Crippen LogP contribution < -0.4 is 10.1 Å². The van der Waals surface area contributed by atoms with Gasteiger partial charge in [0.15, 0.2) is 0 Å². The van der Waals surface area contributed by atoms with E-state index in [1.54, 1.807) is 12.1 Å². The van der Waals surface area contributed by atoms with Gasteiger partial charge in [0.2, 0.25) is 5.91 Å². The van der Waals surface area contributed by atoms with Gasteiger partial charge in [-0.2, -0.15) is 0 Å². The first-order valence-electron chi connectivity index (χ1n) is 9.84. The van der Waals surface area contributed by atoms with Crippen molar-refractivity contribution in [2.45, 2.75) is 26.5 Å². The number of amides is 1. The summed E-state index contributed by atoms with van der Waals surface area (Å²) in [5, 5.41) is 3.68. The summed E-state index contributed by atoms with van der Waals surface area (Å²) < 4.78 is 7.78. The number of anilines is 1. The maximum atomic E-state index is 12.8. The minimum absolute atomic E-state index is 0.105. The van der Waals surface area contributed by atoms with E-state index >= 15 is 0 Å². The normalized spacial score (nSPS) is 10.9. The number of benzene rings is 3. The Kier molecular flexibility index (Phi) is 6.00. The van der Waals surface area contributed by atoms with E-state index in [4.69, 9.17) is 16.3 Å². The Labute approximate surface area is 180 Å². The molecule has 0 saturated carbocycles. The second-order valence-electron chi connectivity index (χ2n) is 6.90. The van der Waals surface area contributed by atoms with E-state index in [2.05, 4.69) is 17.2 Å². The summed E-state index contributed by atoms with van der Waals surface area (Å²) in [4.78, 5) is 17.5. The average molecular weight is 420 g/mol. The third-order valence-electron chi connectivity index (χ3n) is 4.89. The number of para-hydroxylation sites is 3. The molecular weight excluding hydrogens is 398 g/mol. The third-order valence-corrected chi connectivity index (χ3v) is 5.14. The molecule has 5 nitrogen and oxygen atoms in total.